The van der Waals surface area contributed by atoms with E-state index in [1.54, 1.807) is 6.20 Å². The molecule has 0 spiro atoms. The Kier molecular flexibility index (Phi) is 2.39. The van der Waals surface area contributed by atoms with Crippen molar-refractivity contribution in [3.63, 3.8) is 0 Å². The van der Waals surface area contributed by atoms with Crippen molar-refractivity contribution in [1.29, 1.82) is 0 Å². The van der Waals surface area contributed by atoms with Gasteiger partial charge in [-0.15, -0.1) is 0 Å². The van der Waals surface area contributed by atoms with E-state index in [4.69, 9.17) is 0 Å². The van der Waals surface area contributed by atoms with E-state index < -0.39 is 0 Å². The number of rotatable bonds is 3. The molecule has 0 saturated carbocycles. The van der Waals surface area contributed by atoms with Crippen molar-refractivity contribution in [2.24, 2.45) is 5.41 Å². The van der Waals surface area contributed by atoms with Crippen molar-refractivity contribution in [2.45, 2.75) is 20.3 Å². The average molecular weight is 169 g/mol. The van der Waals surface area contributed by atoms with Crippen LogP contribution in [0.15, 0.2) is 12.3 Å². The molecule has 0 aliphatic rings. The summed E-state index contributed by atoms with van der Waals surface area (Å²) in [6.07, 6.45) is 3.55. The average Bonchev–Trinajstić information content (AvgIpc) is 2.39. The van der Waals surface area contributed by atoms with Gasteiger partial charge in [-0.1, -0.05) is 13.8 Å². The number of carbonyl (C=O) groups excluding carboxylic acids is 1. The molecule has 0 bridgehead atoms. The van der Waals surface area contributed by atoms with Gasteiger partial charge in [0.15, 0.2) is 0 Å². The smallest absolute Gasteiger partial charge is 0.125 e. The summed E-state index contributed by atoms with van der Waals surface area (Å²) >= 11 is 1.46. The Labute approximate surface area is 70.4 Å². The lowest BCUT2D eigenvalue weighted by molar-refractivity contribution is -0.114. The number of carbonyl (C=O) groups is 1. The monoisotopic (exact) mass is 169 g/mol. The van der Waals surface area contributed by atoms with Crippen LogP contribution >= 0.6 is 11.5 Å². The third-order valence-electron chi connectivity index (χ3n) is 1.44. The molecule has 0 aromatic carbocycles. The van der Waals surface area contributed by atoms with Gasteiger partial charge in [0.25, 0.3) is 0 Å². The Balaban J connectivity index is 2.63. The number of hydrogen-bond donors (Lipinski definition) is 0. The summed E-state index contributed by atoms with van der Waals surface area (Å²) in [7, 11) is 0. The van der Waals surface area contributed by atoms with E-state index in [1.165, 1.54) is 16.4 Å². The SMILES string of the molecule is CC(C)(C=O)Cc1ccns1. The lowest BCUT2D eigenvalue weighted by Crippen LogP contribution is -2.15. The van der Waals surface area contributed by atoms with E-state index in [-0.39, 0.29) is 5.41 Å². The molecule has 1 aromatic rings. The first-order valence-corrected chi connectivity index (χ1v) is 4.27. The van der Waals surface area contributed by atoms with Gasteiger partial charge in [-0.2, -0.15) is 0 Å². The zero-order valence-electron chi connectivity index (χ0n) is 6.70. The molecular weight excluding hydrogens is 158 g/mol. The second-order valence-electron chi connectivity index (χ2n) is 3.26. The van der Waals surface area contributed by atoms with Gasteiger partial charge >= 0.3 is 0 Å². The Hall–Kier alpha value is -0.700. The minimum Gasteiger partial charge on any atom is -0.303 e. The molecule has 0 N–H and O–H groups in total. The maximum atomic E-state index is 10.5. The molecule has 0 aliphatic carbocycles. The number of aromatic nitrogens is 1. The lowest BCUT2D eigenvalue weighted by Gasteiger charge is -2.13. The predicted molar refractivity (Wildman–Crippen MR) is 45.7 cm³/mol. The van der Waals surface area contributed by atoms with Crippen LogP contribution in [0, 0.1) is 5.41 Å². The number of aldehydes is 1. The van der Waals surface area contributed by atoms with Crippen molar-refractivity contribution in [2.75, 3.05) is 0 Å². The molecule has 0 fully saturated rings. The topological polar surface area (TPSA) is 30.0 Å². The first-order valence-electron chi connectivity index (χ1n) is 3.50. The molecule has 0 aliphatic heterocycles. The molecule has 1 rings (SSSR count). The van der Waals surface area contributed by atoms with Crippen LogP contribution in [0.4, 0.5) is 0 Å². The number of hydrogen-bond acceptors (Lipinski definition) is 3. The third kappa shape index (κ3) is 2.42. The summed E-state index contributed by atoms with van der Waals surface area (Å²) < 4.78 is 3.97. The Morgan fingerprint density at radius 2 is 2.45 bits per heavy atom. The normalized spacial score (nSPS) is 11.5. The highest BCUT2D eigenvalue weighted by Gasteiger charge is 2.17. The van der Waals surface area contributed by atoms with Gasteiger partial charge in [0.2, 0.25) is 0 Å². The van der Waals surface area contributed by atoms with Gasteiger partial charge in [0, 0.05) is 16.5 Å². The minimum atomic E-state index is -0.244. The molecule has 1 aromatic heterocycles. The van der Waals surface area contributed by atoms with E-state index in [0.29, 0.717) is 0 Å². The summed E-state index contributed by atoms with van der Waals surface area (Å²) in [5, 5.41) is 0. The van der Waals surface area contributed by atoms with Crippen molar-refractivity contribution in [1.82, 2.24) is 4.37 Å². The summed E-state index contributed by atoms with van der Waals surface area (Å²) in [5.41, 5.74) is -0.244. The van der Waals surface area contributed by atoms with Crippen LogP contribution < -0.4 is 0 Å². The van der Waals surface area contributed by atoms with E-state index in [2.05, 4.69) is 4.37 Å². The molecule has 60 valence electrons. The Bertz CT molecular complexity index is 228. The molecule has 0 radical (unpaired) electrons. The Morgan fingerprint density at radius 3 is 2.91 bits per heavy atom. The van der Waals surface area contributed by atoms with Crippen LogP contribution in [0.2, 0.25) is 0 Å². The highest BCUT2D eigenvalue weighted by atomic mass is 32.1. The van der Waals surface area contributed by atoms with Crippen LogP contribution in [0.5, 0.6) is 0 Å². The second kappa shape index (κ2) is 3.13. The minimum absolute atomic E-state index is 0.244. The molecule has 2 nitrogen and oxygen atoms in total. The maximum Gasteiger partial charge on any atom is 0.125 e. The molecular formula is C8H11NOS. The van der Waals surface area contributed by atoms with Crippen LogP contribution in [0.3, 0.4) is 0 Å². The second-order valence-corrected chi connectivity index (χ2v) is 4.18. The molecule has 0 amide bonds. The summed E-state index contributed by atoms with van der Waals surface area (Å²) in [4.78, 5) is 11.7. The fourth-order valence-corrected chi connectivity index (χ4v) is 1.64. The standard InChI is InChI=1S/C8H11NOS/c1-8(2,6-10)5-7-3-4-9-11-7/h3-4,6H,5H2,1-2H3. The third-order valence-corrected chi connectivity index (χ3v) is 2.18. The van der Waals surface area contributed by atoms with E-state index in [0.717, 1.165) is 12.7 Å². The van der Waals surface area contributed by atoms with Gasteiger partial charge in [0.1, 0.15) is 6.29 Å². The van der Waals surface area contributed by atoms with Crippen LogP contribution in [0.1, 0.15) is 18.7 Å². The van der Waals surface area contributed by atoms with Gasteiger partial charge in [0.05, 0.1) is 0 Å². The summed E-state index contributed by atoms with van der Waals surface area (Å²) in [5.74, 6) is 0. The quantitative estimate of drug-likeness (QED) is 0.647. The zero-order chi connectivity index (χ0) is 8.32. The predicted octanol–water partition coefficient (Wildman–Crippen LogP) is 1.91. The van der Waals surface area contributed by atoms with Crippen LogP contribution in [0.25, 0.3) is 0 Å². The maximum absolute atomic E-state index is 10.5. The Morgan fingerprint density at radius 1 is 1.73 bits per heavy atom. The fraction of sp³-hybridized carbons (Fsp3) is 0.500. The largest absolute Gasteiger partial charge is 0.303 e. The molecule has 0 atom stereocenters. The summed E-state index contributed by atoms with van der Waals surface area (Å²) in [6.45, 7) is 3.86. The lowest BCUT2D eigenvalue weighted by atomic mass is 9.91. The van der Waals surface area contributed by atoms with Crippen molar-refractivity contribution in [3.8, 4) is 0 Å². The highest BCUT2D eigenvalue weighted by molar-refractivity contribution is 7.05. The van der Waals surface area contributed by atoms with Gasteiger partial charge in [-0.05, 0) is 24.0 Å². The molecule has 0 saturated heterocycles. The van der Waals surface area contributed by atoms with Crippen LogP contribution in [-0.2, 0) is 11.2 Å². The molecule has 3 heteroatoms. The first kappa shape index (κ1) is 8.40. The molecule has 11 heavy (non-hydrogen) atoms. The number of nitrogens with zero attached hydrogens (tertiary/aromatic N) is 1. The molecule has 0 unspecified atom stereocenters. The van der Waals surface area contributed by atoms with E-state index >= 15 is 0 Å². The van der Waals surface area contributed by atoms with Crippen molar-refractivity contribution in [3.05, 3.63) is 17.1 Å². The zero-order valence-corrected chi connectivity index (χ0v) is 7.52. The van der Waals surface area contributed by atoms with Gasteiger partial charge < -0.3 is 4.79 Å². The first-order chi connectivity index (χ1) is 5.14. The summed E-state index contributed by atoms with van der Waals surface area (Å²) in [6, 6.07) is 1.95. The fourth-order valence-electron chi connectivity index (χ4n) is 0.824. The van der Waals surface area contributed by atoms with Crippen LogP contribution in [-0.4, -0.2) is 10.7 Å². The van der Waals surface area contributed by atoms with E-state index in [9.17, 15) is 4.79 Å². The van der Waals surface area contributed by atoms with Crippen molar-refractivity contribution < 1.29 is 4.79 Å². The van der Waals surface area contributed by atoms with E-state index in [1.807, 2.05) is 19.9 Å². The van der Waals surface area contributed by atoms with Gasteiger partial charge in [-0.25, -0.2) is 4.37 Å². The molecule has 1 heterocycles. The highest BCUT2D eigenvalue weighted by Crippen LogP contribution is 2.20. The van der Waals surface area contributed by atoms with Crippen molar-refractivity contribution >= 4 is 17.8 Å². The van der Waals surface area contributed by atoms with Gasteiger partial charge in [-0.3, -0.25) is 0 Å².